The molecule has 0 saturated carbocycles. The second-order valence-electron chi connectivity index (χ2n) is 5.16. The van der Waals surface area contributed by atoms with E-state index in [1.807, 2.05) is 41.9 Å². The molecule has 5 nitrogen and oxygen atoms in total. The zero-order valence-corrected chi connectivity index (χ0v) is 15.6. The minimum atomic E-state index is -0.218. The summed E-state index contributed by atoms with van der Waals surface area (Å²) in [5.41, 5.74) is 1.39. The number of aromatic nitrogens is 3. The normalized spacial score (nSPS) is 10.7. The molecule has 0 saturated heterocycles. The van der Waals surface area contributed by atoms with Crippen LogP contribution in [0.1, 0.15) is 0 Å². The number of halogens is 2. The van der Waals surface area contributed by atoms with Gasteiger partial charge in [0.05, 0.1) is 21.5 Å². The second kappa shape index (κ2) is 7.91. The lowest BCUT2D eigenvalue weighted by Gasteiger charge is -2.09. The Morgan fingerprint density at radius 2 is 1.76 bits per heavy atom. The smallest absolute Gasteiger partial charge is 0.234 e. The highest BCUT2D eigenvalue weighted by Gasteiger charge is 2.14. The van der Waals surface area contributed by atoms with E-state index < -0.39 is 0 Å². The van der Waals surface area contributed by atoms with E-state index in [0.717, 1.165) is 11.4 Å². The molecule has 1 aromatic heterocycles. The Morgan fingerprint density at radius 3 is 2.44 bits per heavy atom. The molecule has 0 bridgehead atoms. The van der Waals surface area contributed by atoms with Gasteiger partial charge in [-0.25, -0.2) is 0 Å². The van der Waals surface area contributed by atoms with Gasteiger partial charge in [-0.15, -0.1) is 10.2 Å². The summed E-state index contributed by atoms with van der Waals surface area (Å²) in [5, 5.41) is 12.5. The molecular formula is C17H14Cl2N4OS. The Hall–Kier alpha value is -2.02. The van der Waals surface area contributed by atoms with Crippen molar-refractivity contribution in [2.24, 2.45) is 7.05 Å². The first-order chi connectivity index (χ1) is 12.1. The number of thioether (sulfide) groups is 1. The molecular weight excluding hydrogens is 379 g/mol. The number of benzene rings is 2. The fraction of sp³-hybridized carbons (Fsp3) is 0.118. The molecule has 3 aromatic rings. The molecule has 0 fully saturated rings. The van der Waals surface area contributed by atoms with Gasteiger partial charge in [0.25, 0.3) is 0 Å². The highest BCUT2D eigenvalue weighted by atomic mass is 35.5. The lowest BCUT2D eigenvalue weighted by molar-refractivity contribution is -0.113. The quantitative estimate of drug-likeness (QED) is 0.648. The van der Waals surface area contributed by atoms with E-state index in [1.54, 1.807) is 18.2 Å². The molecule has 0 aliphatic rings. The first kappa shape index (κ1) is 17.8. The summed E-state index contributed by atoms with van der Waals surface area (Å²) in [4.78, 5) is 12.2. The van der Waals surface area contributed by atoms with Crippen LogP contribution in [-0.2, 0) is 11.8 Å². The van der Waals surface area contributed by atoms with Gasteiger partial charge in [-0.1, -0.05) is 71.4 Å². The van der Waals surface area contributed by atoms with Crippen LogP contribution < -0.4 is 5.32 Å². The van der Waals surface area contributed by atoms with Crippen molar-refractivity contribution in [3.8, 4) is 11.4 Å². The summed E-state index contributed by atoms with van der Waals surface area (Å²) in [7, 11) is 1.87. The second-order valence-corrected chi connectivity index (χ2v) is 6.92. The molecule has 0 aliphatic carbocycles. The Labute approximate surface area is 159 Å². The van der Waals surface area contributed by atoms with Crippen LogP contribution in [0.2, 0.25) is 10.0 Å². The minimum Gasteiger partial charge on any atom is -0.323 e. The van der Waals surface area contributed by atoms with Crippen molar-refractivity contribution in [2.45, 2.75) is 5.16 Å². The average molecular weight is 393 g/mol. The van der Waals surface area contributed by atoms with Crippen molar-refractivity contribution in [1.29, 1.82) is 0 Å². The number of anilines is 1. The molecule has 25 heavy (non-hydrogen) atoms. The SMILES string of the molecule is Cn1c(SCC(=O)Nc2c(Cl)cccc2Cl)nnc1-c1ccccc1. The number of rotatable bonds is 5. The van der Waals surface area contributed by atoms with Crippen molar-refractivity contribution in [3.63, 3.8) is 0 Å². The van der Waals surface area contributed by atoms with Crippen LogP contribution in [0.3, 0.4) is 0 Å². The summed E-state index contributed by atoms with van der Waals surface area (Å²) in [6, 6.07) is 14.8. The summed E-state index contributed by atoms with van der Waals surface area (Å²) >= 11 is 13.4. The van der Waals surface area contributed by atoms with Crippen LogP contribution in [0.4, 0.5) is 5.69 Å². The largest absolute Gasteiger partial charge is 0.323 e. The van der Waals surface area contributed by atoms with E-state index >= 15 is 0 Å². The van der Waals surface area contributed by atoms with Crippen molar-refractivity contribution in [3.05, 3.63) is 58.6 Å². The maximum atomic E-state index is 12.2. The number of carbonyl (C=O) groups excluding carboxylic acids is 1. The third-order valence-corrected chi connectivity index (χ3v) is 5.08. The lowest BCUT2D eigenvalue weighted by atomic mass is 10.2. The van der Waals surface area contributed by atoms with Gasteiger partial charge in [0, 0.05) is 12.6 Å². The van der Waals surface area contributed by atoms with Crippen LogP contribution in [0, 0.1) is 0 Å². The molecule has 1 N–H and O–H groups in total. The molecule has 0 radical (unpaired) electrons. The van der Waals surface area contributed by atoms with Crippen molar-refractivity contribution in [1.82, 2.24) is 14.8 Å². The lowest BCUT2D eigenvalue weighted by Crippen LogP contribution is -2.15. The minimum absolute atomic E-state index is 0.169. The van der Waals surface area contributed by atoms with Gasteiger partial charge >= 0.3 is 0 Å². The maximum absolute atomic E-state index is 12.2. The van der Waals surface area contributed by atoms with Crippen molar-refractivity contribution in [2.75, 3.05) is 11.1 Å². The van der Waals surface area contributed by atoms with Gasteiger partial charge in [-0.05, 0) is 12.1 Å². The van der Waals surface area contributed by atoms with Crippen LogP contribution >= 0.6 is 35.0 Å². The van der Waals surface area contributed by atoms with Gasteiger partial charge in [-0.2, -0.15) is 0 Å². The highest BCUT2D eigenvalue weighted by Crippen LogP contribution is 2.30. The fourth-order valence-corrected chi connectivity index (χ4v) is 3.41. The van der Waals surface area contributed by atoms with Crippen LogP contribution in [0.15, 0.2) is 53.7 Å². The standard InChI is InChI=1S/C17H14Cl2N4OS/c1-23-16(11-6-3-2-4-7-11)21-22-17(23)25-10-14(24)20-15-12(18)8-5-9-13(15)19/h2-9H,10H2,1H3,(H,20,24). The van der Waals surface area contributed by atoms with E-state index in [-0.39, 0.29) is 11.7 Å². The fourth-order valence-electron chi connectivity index (χ4n) is 2.20. The Bertz CT molecular complexity index is 879. The first-order valence-electron chi connectivity index (χ1n) is 7.37. The summed E-state index contributed by atoms with van der Waals surface area (Å²) in [6.45, 7) is 0. The third-order valence-electron chi connectivity index (χ3n) is 3.43. The summed E-state index contributed by atoms with van der Waals surface area (Å²) in [6.07, 6.45) is 0. The van der Waals surface area contributed by atoms with Gasteiger partial charge in [0.15, 0.2) is 11.0 Å². The van der Waals surface area contributed by atoms with Gasteiger partial charge in [0.1, 0.15) is 0 Å². The van der Waals surface area contributed by atoms with E-state index in [0.29, 0.717) is 20.9 Å². The topological polar surface area (TPSA) is 59.8 Å². The molecule has 0 spiro atoms. The highest BCUT2D eigenvalue weighted by molar-refractivity contribution is 7.99. The van der Waals surface area contributed by atoms with Crippen molar-refractivity contribution >= 4 is 46.6 Å². The number of hydrogen-bond acceptors (Lipinski definition) is 4. The molecule has 0 unspecified atom stereocenters. The van der Waals surface area contributed by atoms with E-state index in [4.69, 9.17) is 23.2 Å². The number of carbonyl (C=O) groups is 1. The number of nitrogens with one attached hydrogen (secondary N) is 1. The van der Waals surface area contributed by atoms with Crippen LogP contribution in [0.25, 0.3) is 11.4 Å². The molecule has 0 atom stereocenters. The monoisotopic (exact) mass is 392 g/mol. The van der Waals surface area contributed by atoms with Gasteiger partial charge in [-0.3, -0.25) is 4.79 Å². The Morgan fingerprint density at radius 1 is 1.08 bits per heavy atom. The zero-order chi connectivity index (χ0) is 17.8. The van der Waals surface area contributed by atoms with E-state index in [2.05, 4.69) is 15.5 Å². The molecule has 0 aliphatic heterocycles. The number of hydrogen-bond donors (Lipinski definition) is 1. The Balaban J connectivity index is 1.66. The predicted molar refractivity (Wildman–Crippen MR) is 102 cm³/mol. The number of nitrogens with zero attached hydrogens (tertiary/aromatic N) is 3. The van der Waals surface area contributed by atoms with Crippen LogP contribution in [0.5, 0.6) is 0 Å². The van der Waals surface area contributed by atoms with Gasteiger partial charge < -0.3 is 9.88 Å². The maximum Gasteiger partial charge on any atom is 0.234 e. The first-order valence-corrected chi connectivity index (χ1v) is 9.12. The summed E-state index contributed by atoms with van der Waals surface area (Å²) in [5.74, 6) is 0.699. The van der Waals surface area contributed by atoms with E-state index in [9.17, 15) is 4.79 Å². The molecule has 8 heteroatoms. The molecule has 1 heterocycles. The number of para-hydroxylation sites is 1. The molecule has 3 rings (SSSR count). The Kier molecular flexibility index (Phi) is 5.63. The van der Waals surface area contributed by atoms with E-state index in [1.165, 1.54) is 11.8 Å². The summed E-state index contributed by atoms with van der Waals surface area (Å²) < 4.78 is 1.86. The molecule has 1 amide bonds. The predicted octanol–water partition coefficient (Wildman–Crippen LogP) is 4.52. The van der Waals surface area contributed by atoms with Crippen LogP contribution in [-0.4, -0.2) is 26.4 Å². The van der Waals surface area contributed by atoms with Gasteiger partial charge in [0.2, 0.25) is 5.91 Å². The number of amides is 1. The zero-order valence-electron chi connectivity index (χ0n) is 13.2. The molecule has 128 valence electrons. The third kappa shape index (κ3) is 4.15. The van der Waals surface area contributed by atoms with Crippen molar-refractivity contribution < 1.29 is 4.79 Å². The average Bonchev–Trinajstić information content (AvgIpc) is 2.98. The molecule has 2 aromatic carbocycles.